The molecule has 0 radical (unpaired) electrons. The Morgan fingerprint density at radius 1 is 1.04 bits per heavy atom. The molecule has 4 saturated carbocycles. The lowest BCUT2D eigenvalue weighted by molar-refractivity contribution is -0.141. The first-order chi connectivity index (χ1) is 13.3. The van der Waals surface area contributed by atoms with Crippen molar-refractivity contribution in [1.29, 1.82) is 0 Å². The second kappa shape index (κ2) is 6.09. The molecule has 4 fully saturated rings. The number of hydrogen-bond donors (Lipinski definition) is 2. The number of H-pyrrole nitrogens is 1. The first kappa shape index (κ1) is 17.8. The summed E-state index contributed by atoms with van der Waals surface area (Å²) < 4.78 is 40.5. The number of nitrogens with one attached hydrogen (secondary N) is 2. The zero-order valence-electron chi connectivity index (χ0n) is 15.4. The van der Waals surface area contributed by atoms with E-state index >= 15 is 0 Å². The molecule has 6 rings (SSSR count). The molecule has 28 heavy (non-hydrogen) atoms. The standard InChI is InChI=1S/C21H22F3N3O/c22-21(23,24)17-16(15-4-2-1-3-5-15)18(27-26-17)25-19(28)20-9-12-6-13(10-20)8-14(7-12)11-20/h1-5,12-14H,6-11H2,(H2,25,26,27,28). The highest BCUT2D eigenvalue weighted by Crippen LogP contribution is 2.60. The Morgan fingerprint density at radius 3 is 2.14 bits per heavy atom. The van der Waals surface area contributed by atoms with E-state index in [1.165, 1.54) is 19.3 Å². The number of halogens is 3. The van der Waals surface area contributed by atoms with Gasteiger partial charge in [0.05, 0.1) is 11.0 Å². The van der Waals surface area contributed by atoms with Crippen molar-refractivity contribution in [3.05, 3.63) is 36.0 Å². The average molecular weight is 389 g/mol. The maximum Gasteiger partial charge on any atom is 0.433 e. The lowest BCUT2D eigenvalue weighted by Gasteiger charge is -2.55. The van der Waals surface area contributed by atoms with Crippen molar-refractivity contribution < 1.29 is 18.0 Å². The van der Waals surface area contributed by atoms with E-state index in [-0.39, 0.29) is 17.3 Å². The molecule has 4 aliphatic carbocycles. The van der Waals surface area contributed by atoms with Gasteiger partial charge in [-0.2, -0.15) is 18.3 Å². The SMILES string of the molecule is O=C(Nc1n[nH]c(C(F)(F)F)c1-c1ccccc1)C12CC3CC(CC(C3)C1)C2. The fourth-order valence-electron chi connectivity index (χ4n) is 6.15. The summed E-state index contributed by atoms with van der Waals surface area (Å²) in [4.78, 5) is 13.3. The summed E-state index contributed by atoms with van der Waals surface area (Å²) in [5.74, 6) is 1.55. The Bertz CT molecular complexity index is 868. The Hall–Kier alpha value is -2.31. The maximum atomic E-state index is 13.5. The smallest absolute Gasteiger partial charge is 0.308 e. The zero-order valence-corrected chi connectivity index (χ0v) is 15.4. The van der Waals surface area contributed by atoms with Gasteiger partial charge in [0.1, 0.15) is 5.69 Å². The van der Waals surface area contributed by atoms with Crippen molar-refractivity contribution in [3.8, 4) is 11.1 Å². The summed E-state index contributed by atoms with van der Waals surface area (Å²) in [6, 6.07) is 8.28. The molecule has 0 atom stereocenters. The molecule has 1 heterocycles. The van der Waals surface area contributed by atoms with Gasteiger partial charge >= 0.3 is 6.18 Å². The van der Waals surface area contributed by atoms with Gasteiger partial charge in [0.25, 0.3) is 0 Å². The van der Waals surface area contributed by atoms with Crippen LogP contribution in [0.5, 0.6) is 0 Å². The maximum absolute atomic E-state index is 13.5. The average Bonchev–Trinajstić information content (AvgIpc) is 3.05. The molecule has 148 valence electrons. The van der Waals surface area contributed by atoms with E-state index < -0.39 is 17.3 Å². The van der Waals surface area contributed by atoms with Crippen molar-refractivity contribution in [3.63, 3.8) is 0 Å². The van der Waals surface area contributed by atoms with Gasteiger partial charge in [-0.05, 0) is 61.8 Å². The fourth-order valence-corrected chi connectivity index (χ4v) is 6.15. The van der Waals surface area contributed by atoms with Crippen LogP contribution in [0.4, 0.5) is 19.0 Å². The molecule has 4 aliphatic rings. The van der Waals surface area contributed by atoms with E-state index in [9.17, 15) is 18.0 Å². The molecule has 2 N–H and O–H groups in total. The lowest BCUT2D eigenvalue weighted by Crippen LogP contribution is -2.51. The van der Waals surface area contributed by atoms with Crippen LogP contribution >= 0.6 is 0 Å². The minimum atomic E-state index is -4.58. The summed E-state index contributed by atoms with van der Waals surface area (Å²) in [5.41, 5.74) is -1.09. The minimum absolute atomic E-state index is 0.0285. The Labute approximate surface area is 160 Å². The summed E-state index contributed by atoms with van der Waals surface area (Å²) >= 11 is 0. The molecule has 7 heteroatoms. The van der Waals surface area contributed by atoms with Crippen LogP contribution in [0.1, 0.15) is 44.2 Å². The third-order valence-corrected chi connectivity index (χ3v) is 6.86. The zero-order chi connectivity index (χ0) is 19.5. The molecule has 2 aromatic rings. The van der Waals surface area contributed by atoms with Crippen LogP contribution in [0.15, 0.2) is 30.3 Å². The van der Waals surface area contributed by atoms with Crippen molar-refractivity contribution in [2.24, 2.45) is 23.2 Å². The second-order valence-corrected chi connectivity index (χ2v) is 8.84. The number of benzene rings is 1. The van der Waals surface area contributed by atoms with Crippen molar-refractivity contribution in [2.75, 3.05) is 5.32 Å². The molecule has 0 aliphatic heterocycles. The molecule has 0 saturated heterocycles. The van der Waals surface area contributed by atoms with E-state index in [1.54, 1.807) is 30.3 Å². The van der Waals surface area contributed by atoms with Crippen LogP contribution in [-0.4, -0.2) is 16.1 Å². The van der Waals surface area contributed by atoms with Gasteiger partial charge in [-0.25, -0.2) is 0 Å². The third-order valence-electron chi connectivity index (χ3n) is 6.86. The number of aromatic nitrogens is 2. The minimum Gasteiger partial charge on any atom is -0.308 e. The molecule has 4 nitrogen and oxygen atoms in total. The van der Waals surface area contributed by atoms with Gasteiger partial charge in [0, 0.05) is 0 Å². The quantitative estimate of drug-likeness (QED) is 0.753. The summed E-state index contributed by atoms with van der Waals surface area (Å²) in [7, 11) is 0. The number of carbonyl (C=O) groups excluding carboxylic acids is 1. The van der Waals surface area contributed by atoms with Crippen molar-refractivity contribution in [1.82, 2.24) is 10.2 Å². The van der Waals surface area contributed by atoms with Crippen LogP contribution in [0.3, 0.4) is 0 Å². The van der Waals surface area contributed by atoms with Gasteiger partial charge < -0.3 is 5.32 Å². The molecular formula is C21H22F3N3O. The van der Waals surface area contributed by atoms with E-state index in [0.29, 0.717) is 23.3 Å². The van der Waals surface area contributed by atoms with Gasteiger partial charge in [-0.1, -0.05) is 30.3 Å². The monoisotopic (exact) mass is 389 g/mol. The van der Waals surface area contributed by atoms with E-state index in [2.05, 4.69) is 15.5 Å². The Balaban J connectivity index is 1.49. The molecule has 1 aromatic carbocycles. The first-order valence-electron chi connectivity index (χ1n) is 9.86. The first-order valence-corrected chi connectivity index (χ1v) is 9.86. The van der Waals surface area contributed by atoms with Crippen LogP contribution in [0, 0.1) is 23.2 Å². The Morgan fingerprint density at radius 2 is 1.61 bits per heavy atom. The predicted octanol–water partition coefficient (Wildman–Crippen LogP) is 5.25. The highest BCUT2D eigenvalue weighted by atomic mass is 19.4. The summed E-state index contributed by atoms with van der Waals surface area (Å²) in [6.45, 7) is 0. The number of hydrogen-bond acceptors (Lipinski definition) is 2. The van der Waals surface area contributed by atoms with Gasteiger partial charge in [0.15, 0.2) is 5.82 Å². The highest BCUT2D eigenvalue weighted by Gasteiger charge is 2.54. The van der Waals surface area contributed by atoms with Gasteiger partial charge in [-0.15, -0.1) is 0 Å². The summed E-state index contributed by atoms with van der Waals surface area (Å²) in [6.07, 6.45) is 1.56. The number of nitrogens with zero attached hydrogens (tertiary/aromatic N) is 1. The fraction of sp³-hybridized carbons (Fsp3) is 0.524. The molecule has 0 spiro atoms. The second-order valence-electron chi connectivity index (χ2n) is 8.84. The molecule has 4 bridgehead atoms. The highest BCUT2D eigenvalue weighted by molar-refractivity contribution is 5.98. The van der Waals surface area contributed by atoms with Gasteiger partial charge in [-0.3, -0.25) is 9.89 Å². The number of amides is 1. The van der Waals surface area contributed by atoms with E-state index in [4.69, 9.17) is 0 Å². The third kappa shape index (κ3) is 2.83. The van der Waals surface area contributed by atoms with Gasteiger partial charge in [0.2, 0.25) is 5.91 Å². The normalized spacial score (nSPS) is 31.2. The molecule has 0 unspecified atom stereocenters. The predicted molar refractivity (Wildman–Crippen MR) is 98.3 cm³/mol. The van der Waals surface area contributed by atoms with Crippen molar-refractivity contribution >= 4 is 11.7 Å². The Kier molecular flexibility index (Phi) is 3.87. The van der Waals surface area contributed by atoms with Crippen LogP contribution in [0.2, 0.25) is 0 Å². The van der Waals surface area contributed by atoms with E-state index in [1.807, 2.05) is 0 Å². The topological polar surface area (TPSA) is 57.8 Å². The van der Waals surface area contributed by atoms with Crippen LogP contribution in [0.25, 0.3) is 11.1 Å². The number of carbonyl (C=O) groups is 1. The molecule has 1 aromatic heterocycles. The van der Waals surface area contributed by atoms with Crippen LogP contribution < -0.4 is 5.32 Å². The molecular weight excluding hydrogens is 367 g/mol. The molecule has 1 amide bonds. The number of anilines is 1. The summed E-state index contributed by atoms with van der Waals surface area (Å²) in [5, 5.41) is 8.73. The number of rotatable bonds is 3. The van der Waals surface area contributed by atoms with Crippen LogP contribution in [-0.2, 0) is 11.0 Å². The number of alkyl halides is 3. The van der Waals surface area contributed by atoms with Crippen molar-refractivity contribution in [2.45, 2.75) is 44.7 Å². The van der Waals surface area contributed by atoms with E-state index in [0.717, 1.165) is 19.3 Å². The lowest BCUT2D eigenvalue weighted by atomic mass is 9.49. The largest absolute Gasteiger partial charge is 0.433 e. The number of aromatic amines is 1.